The molecular weight excluding hydrogens is 236 g/mol. The number of hydrogen-bond acceptors (Lipinski definition) is 2. The summed E-state index contributed by atoms with van der Waals surface area (Å²) in [7, 11) is 0. The second kappa shape index (κ2) is 8.53. The first-order chi connectivity index (χ1) is 9.15. The minimum Gasteiger partial charge on any atom is -0.370 e. The van der Waals surface area contributed by atoms with Gasteiger partial charge in [-0.25, -0.2) is 0 Å². The molecule has 0 saturated carbocycles. The summed E-state index contributed by atoms with van der Waals surface area (Å²) in [4.78, 5) is 6.73. The molecule has 0 aromatic heterocycles. The Labute approximate surface area is 116 Å². The van der Waals surface area contributed by atoms with Crippen LogP contribution in [0.4, 0.5) is 5.69 Å². The molecule has 0 saturated heterocycles. The Kier molecular flexibility index (Phi) is 6.97. The van der Waals surface area contributed by atoms with Gasteiger partial charge in [-0.3, -0.25) is 4.99 Å². The van der Waals surface area contributed by atoms with Crippen LogP contribution in [-0.2, 0) is 0 Å². The maximum Gasteiger partial charge on any atom is 0.193 e. The third kappa shape index (κ3) is 6.25. The van der Waals surface area contributed by atoms with Crippen LogP contribution in [0.25, 0.3) is 0 Å². The monoisotopic (exact) mass is 262 g/mol. The molecule has 4 heteroatoms. The topological polar surface area (TPSA) is 53.6 Å². The quantitative estimate of drug-likeness (QED) is 0.451. The van der Waals surface area contributed by atoms with Gasteiger partial charge in [0.25, 0.3) is 0 Å². The van der Waals surface area contributed by atoms with Crippen molar-refractivity contribution in [3.8, 4) is 0 Å². The summed E-state index contributed by atoms with van der Waals surface area (Å²) in [5.41, 5.74) is 8.07. The van der Waals surface area contributed by atoms with Crippen LogP contribution in [0.3, 0.4) is 0 Å². The maximum atomic E-state index is 5.85. The molecule has 0 fully saturated rings. The zero-order chi connectivity index (χ0) is 14.1. The van der Waals surface area contributed by atoms with Gasteiger partial charge in [0.1, 0.15) is 0 Å². The van der Waals surface area contributed by atoms with Crippen molar-refractivity contribution in [2.45, 2.75) is 27.2 Å². The highest BCUT2D eigenvalue weighted by atomic mass is 15.1. The van der Waals surface area contributed by atoms with Crippen LogP contribution < -0.4 is 11.1 Å². The van der Waals surface area contributed by atoms with Crippen molar-refractivity contribution in [1.82, 2.24) is 4.90 Å². The summed E-state index contributed by atoms with van der Waals surface area (Å²) in [6, 6.07) is 8.12. The van der Waals surface area contributed by atoms with E-state index in [1.807, 2.05) is 12.1 Å². The van der Waals surface area contributed by atoms with Gasteiger partial charge in [0, 0.05) is 12.2 Å². The highest BCUT2D eigenvalue weighted by molar-refractivity contribution is 5.92. The number of aliphatic imine (C=N–C) groups is 1. The van der Waals surface area contributed by atoms with Crippen molar-refractivity contribution < 1.29 is 0 Å². The first-order valence-corrected chi connectivity index (χ1v) is 7.01. The van der Waals surface area contributed by atoms with E-state index in [2.05, 4.69) is 48.1 Å². The largest absolute Gasteiger partial charge is 0.370 e. The molecule has 0 radical (unpaired) electrons. The molecule has 0 unspecified atom stereocenters. The average Bonchev–Trinajstić information content (AvgIpc) is 2.42. The molecule has 1 aromatic rings. The Morgan fingerprint density at radius 1 is 1.21 bits per heavy atom. The number of nitrogens with zero attached hydrogens (tertiary/aromatic N) is 2. The molecular formula is C15H26N4. The molecule has 0 aliphatic carbocycles. The van der Waals surface area contributed by atoms with Crippen LogP contribution in [-0.4, -0.2) is 37.0 Å². The normalized spacial score (nSPS) is 11.9. The van der Waals surface area contributed by atoms with Gasteiger partial charge in [0.2, 0.25) is 0 Å². The van der Waals surface area contributed by atoms with Crippen LogP contribution >= 0.6 is 0 Å². The van der Waals surface area contributed by atoms with Crippen LogP contribution in [0.5, 0.6) is 0 Å². The third-order valence-corrected chi connectivity index (χ3v) is 3.13. The lowest BCUT2D eigenvalue weighted by Gasteiger charge is -2.16. The van der Waals surface area contributed by atoms with Crippen LogP contribution in [0.1, 0.15) is 25.8 Å². The number of nitrogens with one attached hydrogen (secondary N) is 1. The van der Waals surface area contributed by atoms with Gasteiger partial charge in [-0.05, 0) is 45.1 Å². The van der Waals surface area contributed by atoms with E-state index < -0.39 is 0 Å². The van der Waals surface area contributed by atoms with E-state index >= 15 is 0 Å². The molecule has 19 heavy (non-hydrogen) atoms. The number of hydrogen-bond donors (Lipinski definition) is 2. The summed E-state index contributed by atoms with van der Waals surface area (Å²) in [5, 5.41) is 3.10. The predicted octanol–water partition coefficient (Wildman–Crippen LogP) is 2.45. The van der Waals surface area contributed by atoms with E-state index in [0.29, 0.717) is 5.96 Å². The first kappa shape index (κ1) is 15.5. The Bertz CT molecular complexity index is 380. The van der Waals surface area contributed by atoms with Gasteiger partial charge in [-0.1, -0.05) is 31.5 Å². The minimum atomic E-state index is 0.489. The number of rotatable bonds is 7. The zero-order valence-corrected chi connectivity index (χ0v) is 12.3. The maximum absolute atomic E-state index is 5.85. The van der Waals surface area contributed by atoms with Crippen LogP contribution in [0.15, 0.2) is 29.3 Å². The van der Waals surface area contributed by atoms with Gasteiger partial charge in [0.15, 0.2) is 5.96 Å². The molecule has 0 amide bonds. The molecule has 106 valence electrons. The van der Waals surface area contributed by atoms with Gasteiger partial charge in [0.05, 0.1) is 0 Å². The van der Waals surface area contributed by atoms with Crippen molar-refractivity contribution in [3.05, 3.63) is 29.8 Å². The molecule has 4 nitrogen and oxygen atoms in total. The van der Waals surface area contributed by atoms with Crippen molar-refractivity contribution in [2.24, 2.45) is 10.7 Å². The summed E-state index contributed by atoms with van der Waals surface area (Å²) >= 11 is 0. The van der Waals surface area contributed by atoms with Gasteiger partial charge in [-0.15, -0.1) is 0 Å². The number of aryl methyl sites for hydroxylation is 1. The Balaban J connectivity index is 2.31. The molecule has 0 aliphatic rings. The summed E-state index contributed by atoms with van der Waals surface area (Å²) in [6.45, 7) is 10.5. The van der Waals surface area contributed by atoms with E-state index in [9.17, 15) is 0 Å². The zero-order valence-electron chi connectivity index (χ0n) is 12.3. The summed E-state index contributed by atoms with van der Waals surface area (Å²) in [6.07, 6.45) is 1.04. The lowest BCUT2D eigenvalue weighted by molar-refractivity contribution is 0.302. The summed E-state index contributed by atoms with van der Waals surface area (Å²) in [5.74, 6) is 0.489. The lowest BCUT2D eigenvalue weighted by Crippen LogP contribution is -2.26. The smallest absolute Gasteiger partial charge is 0.193 e. The van der Waals surface area contributed by atoms with Crippen molar-refractivity contribution >= 4 is 11.6 Å². The molecule has 0 aliphatic heterocycles. The molecule has 0 bridgehead atoms. The first-order valence-electron chi connectivity index (χ1n) is 7.01. The van der Waals surface area contributed by atoms with Gasteiger partial charge in [-0.2, -0.15) is 0 Å². The molecule has 0 atom stereocenters. The predicted molar refractivity (Wildman–Crippen MR) is 83.7 cm³/mol. The SMILES string of the molecule is CCN(CC)CCCN=C(N)Nc1ccc(C)cc1. The Morgan fingerprint density at radius 3 is 2.42 bits per heavy atom. The van der Waals surface area contributed by atoms with E-state index in [4.69, 9.17) is 5.73 Å². The number of benzene rings is 1. The highest BCUT2D eigenvalue weighted by Crippen LogP contribution is 2.07. The molecule has 3 N–H and O–H groups in total. The van der Waals surface area contributed by atoms with Gasteiger partial charge < -0.3 is 16.0 Å². The van der Waals surface area contributed by atoms with Crippen molar-refractivity contribution in [2.75, 3.05) is 31.5 Å². The second-order valence-electron chi connectivity index (χ2n) is 4.64. The lowest BCUT2D eigenvalue weighted by atomic mass is 10.2. The van der Waals surface area contributed by atoms with E-state index in [1.54, 1.807) is 0 Å². The van der Waals surface area contributed by atoms with Crippen LogP contribution in [0, 0.1) is 6.92 Å². The minimum absolute atomic E-state index is 0.489. The van der Waals surface area contributed by atoms with E-state index in [1.165, 1.54) is 5.56 Å². The second-order valence-corrected chi connectivity index (χ2v) is 4.64. The molecule has 1 rings (SSSR count). The number of anilines is 1. The van der Waals surface area contributed by atoms with E-state index in [-0.39, 0.29) is 0 Å². The standard InChI is InChI=1S/C15H26N4/c1-4-19(5-2)12-6-11-17-15(16)18-14-9-7-13(3)8-10-14/h7-10H,4-6,11-12H2,1-3H3,(H3,16,17,18). The van der Waals surface area contributed by atoms with Crippen LogP contribution in [0.2, 0.25) is 0 Å². The number of nitrogens with two attached hydrogens (primary N) is 1. The van der Waals surface area contributed by atoms with Crippen molar-refractivity contribution in [1.29, 1.82) is 0 Å². The fraction of sp³-hybridized carbons (Fsp3) is 0.533. The third-order valence-electron chi connectivity index (χ3n) is 3.13. The molecule has 0 spiro atoms. The Morgan fingerprint density at radius 2 is 1.84 bits per heavy atom. The average molecular weight is 262 g/mol. The molecule has 1 aromatic carbocycles. The highest BCUT2D eigenvalue weighted by Gasteiger charge is 1.98. The van der Waals surface area contributed by atoms with E-state index in [0.717, 1.165) is 38.3 Å². The molecule has 0 heterocycles. The van der Waals surface area contributed by atoms with Crippen molar-refractivity contribution in [3.63, 3.8) is 0 Å². The Hall–Kier alpha value is -1.55. The summed E-state index contributed by atoms with van der Waals surface area (Å²) < 4.78 is 0. The fourth-order valence-electron chi connectivity index (χ4n) is 1.86. The van der Waals surface area contributed by atoms with Gasteiger partial charge >= 0.3 is 0 Å². The fourth-order valence-corrected chi connectivity index (χ4v) is 1.86. The number of guanidine groups is 1.